The summed E-state index contributed by atoms with van der Waals surface area (Å²) in [5.41, 5.74) is 6.32. The van der Waals surface area contributed by atoms with Gasteiger partial charge in [0.2, 0.25) is 0 Å². The molecule has 1 unspecified atom stereocenters. The molecule has 3 N–H and O–H groups in total. The van der Waals surface area contributed by atoms with Crippen molar-refractivity contribution in [2.75, 3.05) is 5.73 Å². The van der Waals surface area contributed by atoms with E-state index in [4.69, 9.17) is 10.5 Å². The molecule has 4 heteroatoms. The third-order valence-corrected chi connectivity index (χ3v) is 3.49. The van der Waals surface area contributed by atoms with Crippen molar-refractivity contribution >= 4 is 11.6 Å². The van der Waals surface area contributed by atoms with Crippen LogP contribution in [0.3, 0.4) is 0 Å². The van der Waals surface area contributed by atoms with Crippen molar-refractivity contribution in [2.24, 2.45) is 0 Å². The maximum absolute atomic E-state index is 12.0. The molecule has 1 aromatic rings. The smallest absolute Gasteiger partial charge is 0.260 e. The first-order valence-electron chi connectivity index (χ1n) is 6.98. The molecular weight excluding hydrogens is 240 g/mol. The van der Waals surface area contributed by atoms with Crippen molar-refractivity contribution < 1.29 is 9.53 Å². The topological polar surface area (TPSA) is 64.3 Å². The van der Waals surface area contributed by atoms with Gasteiger partial charge in [-0.05, 0) is 31.9 Å². The van der Waals surface area contributed by atoms with Gasteiger partial charge in [-0.1, -0.05) is 25.3 Å². The standard InChI is InChI=1S/C15H22N2O2/c1-11(19-14-9-5-6-12(16)10-14)15(18)17-13-7-3-2-4-8-13/h5-6,9-11,13H,2-4,7-8,16H2,1H3,(H,17,18). The third-order valence-electron chi connectivity index (χ3n) is 3.49. The molecule has 1 fully saturated rings. The fourth-order valence-corrected chi connectivity index (χ4v) is 2.41. The highest BCUT2D eigenvalue weighted by Crippen LogP contribution is 2.19. The Morgan fingerprint density at radius 1 is 1.37 bits per heavy atom. The molecule has 0 heterocycles. The normalized spacial score (nSPS) is 17.7. The highest BCUT2D eigenvalue weighted by Gasteiger charge is 2.20. The van der Waals surface area contributed by atoms with Gasteiger partial charge in [-0.25, -0.2) is 0 Å². The molecule has 0 spiro atoms. The minimum atomic E-state index is -0.497. The highest BCUT2D eigenvalue weighted by molar-refractivity contribution is 5.81. The van der Waals surface area contributed by atoms with Crippen LogP contribution in [0.15, 0.2) is 24.3 Å². The second kappa shape index (κ2) is 6.45. The zero-order valence-electron chi connectivity index (χ0n) is 11.4. The van der Waals surface area contributed by atoms with E-state index in [2.05, 4.69) is 5.32 Å². The predicted molar refractivity (Wildman–Crippen MR) is 76.0 cm³/mol. The first-order chi connectivity index (χ1) is 9.15. The van der Waals surface area contributed by atoms with E-state index >= 15 is 0 Å². The van der Waals surface area contributed by atoms with E-state index in [0.717, 1.165) is 12.8 Å². The number of nitrogens with two attached hydrogens (primary N) is 1. The molecule has 1 aliphatic rings. The van der Waals surface area contributed by atoms with Gasteiger partial charge in [0.1, 0.15) is 5.75 Å². The Labute approximate surface area is 114 Å². The average molecular weight is 262 g/mol. The summed E-state index contributed by atoms with van der Waals surface area (Å²) in [6, 6.07) is 7.45. The van der Waals surface area contributed by atoms with Gasteiger partial charge in [-0.15, -0.1) is 0 Å². The van der Waals surface area contributed by atoms with E-state index in [9.17, 15) is 4.79 Å². The van der Waals surface area contributed by atoms with Crippen molar-refractivity contribution in [2.45, 2.75) is 51.2 Å². The van der Waals surface area contributed by atoms with Crippen LogP contribution in [0, 0.1) is 0 Å². The van der Waals surface area contributed by atoms with Gasteiger partial charge in [0.25, 0.3) is 5.91 Å². The lowest BCUT2D eigenvalue weighted by molar-refractivity contribution is -0.128. The van der Waals surface area contributed by atoms with Crippen molar-refractivity contribution in [3.05, 3.63) is 24.3 Å². The Kier molecular flexibility index (Phi) is 4.66. The van der Waals surface area contributed by atoms with E-state index in [-0.39, 0.29) is 5.91 Å². The number of benzene rings is 1. The maximum atomic E-state index is 12.0. The number of nitrogen functional groups attached to an aromatic ring is 1. The van der Waals surface area contributed by atoms with Gasteiger partial charge in [0, 0.05) is 17.8 Å². The summed E-state index contributed by atoms with van der Waals surface area (Å²) in [6.45, 7) is 1.77. The van der Waals surface area contributed by atoms with Gasteiger partial charge in [-0.3, -0.25) is 4.79 Å². The molecule has 1 atom stereocenters. The van der Waals surface area contributed by atoms with Crippen molar-refractivity contribution in [1.82, 2.24) is 5.32 Å². The van der Waals surface area contributed by atoms with Crippen LogP contribution in [0.5, 0.6) is 5.75 Å². The van der Waals surface area contributed by atoms with Gasteiger partial charge in [0.05, 0.1) is 0 Å². The fourth-order valence-electron chi connectivity index (χ4n) is 2.41. The molecule has 1 saturated carbocycles. The molecule has 1 aromatic carbocycles. The number of rotatable bonds is 4. The van der Waals surface area contributed by atoms with Crippen LogP contribution in [0.2, 0.25) is 0 Å². The van der Waals surface area contributed by atoms with Crippen LogP contribution in [0.1, 0.15) is 39.0 Å². The van der Waals surface area contributed by atoms with Crippen LogP contribution in [-0.4, -0.2) is 18.1 Å². The van der Waals surface area contributed by atoms with E-state index in [1.807, 2.05) is 6.07 Å². The van der Waals surface area contributed by atoms with Crippen LogP contribution >= 0.6 is 0 Å². The monoisotopic (exact) mass is 262 g/mol. The minimum Gasteiger partial charge on any atom is -0.481 e. The summed E-state index contributed by atoms with van der Waals surface area (Å²) in [5.74, 6) is 0.584. The molecule has 1 amide bonds. The Morgan fingerprint density at radius 3 is 2.79 bits per heavy atom. The second-order valence-corrected chi connectivity index (χ2v) is 5.18. The third kappa shape index (κ3) is 4.16. The summed E-state index contributed by atoms with van der Waals surface area (Å²) in [6.07, 6.45) is 5.35. The van der Waals surface area contributed by atoms with Crippen molar-refractivity contribution in [3.8, 4) is 5.75 Å². The van der Waals surface area contributed by atoms with Crippen LogP contribution in [0.25, 0.3) is 0 Å². The Bertz CT molecular complexity index is 428. The van der Waals surface area contributed by atoms with E-state index in [1.165, 1.54) is 19.3 Å². The first-order valence-corrected chi connectivity index (χ1v) is 6.98. The predicted octanol–water partition coefficient (Wildman–Crippen LogP) is 2.49. The summed E-state index contributed by atoms with van der Waals surface area (Å²) in [5, 5.41) is 3.06. The zero-order chi connectivity index (χ0) is 13.7. The molecular formula is C15H22N2O2. The molecule has 0 aliphatic heterocycles. The van der Waals surface area contributed by atoms with Gasteiger partial charge >= 0.3 is 0 Å². The molecule has 0 bridgehead atoms. The second-order valence-electron chi connectivity index (χ2n) is 5.18. The Hall–Kier alpha value is -1.71. The number of nitrogens with one attached hydrogen (secondary N) is 1. The fraction of sp³-hybridized carbons (Fsp3) is 0.533. The Balaban J connectivity index is 1.84. The molecule has 2 rings (SSSR count). The summed E-state index contributed by atoms with van der Waals surface area (Å²) >= 11 is 0. The number of carbonyl (C=O) groups is 1. The molecule has 0 aromatic heterocycles. The largest absolute Gasteiger partial charge is 0.481 e. The molecule has 0 radical (unpaired) electrons. The maximum Gasteiger partial charge on any atom is 0.260 e. The number of hydrogen-bond acceptors (Lipinski definition) is 3. The summed E-state index contributed by atoms with van der Waals surface area (Å²) in [4.78, 5) is 12.0. The van der Waals surface area contributed by atoms with Gasteiger partial charge < -0.3 is 15.8 Å². The molecule has 4 nitrogen and oxygen atoms in total. The lowest BCUT2D eigenvalue weighted by atomic mass is 9.95. The lowest BCUT2D eigenvalue weighted by Crippen LogP contribution is -2.43. The number of anilines is 1. The van der Waals surface area contributed by atoms with Crippen molar-refractivity contribution in [1.29, 1.82) is 0 Å². The molecule has 104 valence electrons. The number of ether oxygens (including phenoxy) is 1. The highest BCUT2D eigenvalue weighted by atomic mass is 16.5. The van der Waals surface area contributed by atoms with E-state index in [1.54, 1.807) is 25.1 Å². The molecule has 0 saturated heterocycles. The molecule has 19 heavy (non-hydrogen) atoms. The SMILES string of the molecule is CC(Oc1cccc(N)c1)C(=O)NC1CCCCC1. The summed E-state index contributed by atoms with van der Waals surface area (Å²) < 4.78 is 5.61. The van der Waals surface area contributed by atoms with Crippen molar-refractivity contribution in [3.63, 3.8) is 0 Å². The number of hydrogen-bond donors (Lipinski definition) is 2. The van der Waals surface area contributed by atoms with Crippen LogP contribution in [0.4, 0.5) is 5.69 Å². The minimum absolute atomic E-state index is 0.0469. The number of amides is 1. The average Bonchev–Trinajstić information content (AvgIpc) is 2.40. The van der Waals surface area contributed by atoms with Crippen LogP contribution in [-0.2, 0) is 4.79 Å². The van der Waals surface area contributed by atoms with Gasteiger partial charge in [-0.2, -0.15) is 0 Å². The first kappa shape index (κ1) is 13.7. The quantitative estimate of drug-likeness (QED) is 0.819. The Morgan fingerprint density at radius 2 is 2.11 bits per heavy atom. The molecule has 1 aliphatic carbocycles. The zero-order valence-corrected chi connectivity index (χ0v) is 11.4. The van der Waals surface area contributed by atoms with Crippen LogP contribution < -0.4 is 15.8 Å². The van der Waals surface area contributed by atoms with Gasteiger partial charge in [0.15, 0.2) is 6.10 Å². The summed E-state index contributed by atoms with van der Waals surface area (Å²) in [7, 11) is 0. The number of carbonyl (C=O) groups excluding carboxylic acids is 1. The lowest BCUT2D eigenvalue weighted by Gasteiger charge is -2.24. The van der Waals surface area contributed by atoms with E-state index < -0.39 is 6.10 Å². The van der Waals surface area contributed by atoms with E-state index in [0.29, 0.717) is 17.5 Å².